The average molecular weight is 355 g/mol. The molecular weight excluding hydrogens is 330 g/mol. The van der Waals surface area contributed by atoms with Crippen LogP contribution in [0.5, 0.6) is 5.75 Å². The molecule has 0 radical (unpaired) electrons. The highest BCUT2D eigenvalue weighted by Crippen LogP contribution is 2.20. The predicted octanol–water partition coefficient (Wildman–Crippen LogP) is 3.65. The second-order valence-electron chi connectivity index (χ2n) is 6.39. The summed E-state index contributed by atoms with van der Waals surface area (Å²) in [5.74, 6) is -0.298. The molecule has 2 rings (SSSR count). The quantitative estimate of drug-likeness (QED) is 0.803. The van der Waals surface area contributed by atoms with E-state index in [0.29, 0.717) is 11.3 Å². The molecule has 2 aromatic carbocycles. The highest BCUT2D eigenvalue weighted by molar-refractivity contribution is 5.91. The zero-order chi connectivity index (χ0) is 19.3. The molecule has 0 saturated carbocycles. The first kappa shape index (κ1) is 19.5. The molecule has 0 aliphatic heterocycles. The van der Waals surface area contributed by atoms with Gasteiger partial charge in [-0.2, -0.15) is 0 Å². The van der Waals surface area contributed by atoms with Gasteiger partial charge in [-0.25, -0.2) is 4.79 Å². The number of esters is 1. The van der Waals surface area contributed by atoms with E-state index >= 15 is 0 Å². The van der Waals surface area contributed by atoms with Crippen molar-refractivity contribution in [3.63, 3.8) is 0 Å². The number of aryl methyl sites for hydroxylation is 3. The van der Waals surface area contributed by atoms with Crippen molar-refractivity contribution < 1.29 is 19.1 Å². The molecule has 1 atom stereocenters. The fourth-order valence-electron chi connectivity index (χ4n) is 2.56. The average Bonchev–Trinajstić information content (AvgIpc) is 2.62. The van der Waals surface area contributed by atoms with Gasteiger partial charge in [0.25, 0.3) is 5.91 Å². The maximum atomic E-state index is 12.1. The molecule has 1 amide bonds. The number of carbonyl (C=O) groups excluding carboxylic acids is 2. The number of amides is 1. The number of rotatable bonds is 6. The van der Waals surface area contributed by atoms with E-state index in [1.165, 1.54) is 11.1 Å². The van der Waals surface area contributed by atoms with Crippen molar-refractivity contribution in [2.75, 3.05) is 13.7 Å². The Kier molecular flexibility index (Phi) is 6.39. The van der Waals surface area contributed by atoms with Crippen molar-refractivity contribution in [1.29, 1.82) is 0 Å². The molecule has 0 saturated heterocycles. The van der Waals surface area contributed by atoms with Gasteiger partial charge >= 0.3 is 5.97 Å². The molecule has 138 valence electrons. The zero-order valence-corrected chi connectivity index (χ0v) is 15.9. The molecule has 0 aliphatic carbocycles. The Labute approximate surface area is 154 Å². The summed E-state index contributed by atoms with van der Waals surface area (Å²) in [5.41, 5.74) is 4.65. The van der Waals surface area contributed by atoms with E-state index in [9.17, 15) is 9.59 Å². The van der Waals surface area contributed by atoms with Crippen LogP contribution in [0, 0.1) is 20.8 Å². The van der Waals surface area contributed by atoms with Crippen LogP contribution >= 0.6 is 0 Å². The van der Waals surface area contributed by atoms with Crippen LogP contribution in [-0.4, -0.2) is 25.6 Å². The number of ether oxygens (including phenoxy) is 2. The van der Waals surface area contributed by atoms with Gasteiger partial charge in [0.2, 0.25) is 0 Å². The summed E-state index contributed by atoms with van der Waals surface area (Å²) in [4.78, 5) is 24.2. The van der Waals surface area contributed by atoms with Crippen molar-refractivity contribution >= 4 is 11.9 Å². The molecule has 5 nitrogen and oxygen atoms in total. The summed E-state index contributed by atoms with van der Waals surface area (Å²) < 4.78 is 10.3. The van der Waals surface area contributed by atoms with Crippen LogP contribution in [0.1, 0.15) is 45.6 Å². The summed E-state index contributed by atoms with van der Waals surface area (Å²) in [6, 6.07) is 10.9. The van der Waals surface area contributed by atoms with Crippen LogP contribution in [0.15, 0.2) is 36.4 Å². The number of hydrogen-bond donors (Lipinski definition) is 1. The van der Waals surface area contributed by atoms with E-state index in [1.54, 1.807) is 25.3 Å². The minimum Gasteiger partial charge on any atom is -0.496 e. The molecule has 0 heterocycles. The Morgan fingerprint density at radius 1 is 1.00 bits per heavy atom. The normalized spacial score (nSPS) is 11.6. The minimum atomic E-state index is -0.558. The Bertz CT molecular complexity index is 814. The van der Waals surface area contributed by atoms with E-state index < -0.39 is 5.97 Å². The minimum absolute atomic E-state index is 0.167. The van der Waals surface area contributed by atoms with Gasteiger partial charge in [0.15, 0.2) is 6.61 Å². The fourth-order valence-corrected chi connectivity index (χ4v) is 2.56. The molecule has 5 heteroatoms. The largest absolute Gasteiger partial charge is 0.496 e. The van der Waals surface area contributed by atoms with Crippen molar-refractivity contribution in [1.82, 2.24) is 5.32 Å². The molecule has 26 heavy (non-hydrogen) atoms. The van der Waals surface area contributed by atoms with Crippen molar-refractivity contribution in [3.05, 3.63) is 64.2 Å². The van der Waals surface area contributed by atoms with Crippen molar-refractivity contribution in [2.45, 2.75) is 33.7 Å². The van der Waals surface area contributed by atoms with Gasteiger partial charge in [0.1, 0.15) is 5.75 Å². The molecule has 1 N–H and O–H groups in total. The number of hydrogen-bond acceptors (Lipinski definition) is 4. The van der Waals surface area contributed by atoms with Crippen LogP contribution in [0.4, 0.5) is 0 Å². The maximum Gasteiger partial charge on any atom is 0.338 e. The standard InChI is InChI=1S/C21H25NO4/c1-13-6-8-17(10-15(13)3)16(4)22-20(23)12-26-21(24)18-9-7-14(2)19(11-18)25-5/h6-11,16H,12H2,1-5H3,(H,22,23)/t16-/m1/s1. The van der Waals surface area contributed by atoms with Crippen LogP contribution < -0.4 is 10.1 Å². The Morgan fingerprint density at radius 2 is 1.69 bits per heavy atom. The summed E-state index contributed by atoms with van der Waals surface area (Å²) in [5, 5.41) is 2.84. The topological polar surface area (TPSA) is 64.6 Å². The molecule has 0 unspecified atom stereocenters. The molecule has 0 bridgehead atoms. The first-order valence-electron chi connectivity index (χ1n) is 8.50. The third kappa shape index (κ3) is 4.85. The third-order valence-electron chi connectivity index (χ3n) is 4.39. The Morgan fingerprint density at radius 3 is 2.35 bits per heavy atom. The molecule has 0 aromatic heterocycles. The van der Waals surface area contributed by atoms with Gasteiger partial charge in [-0.1, -0.05) is 24.3 Å². The van der Waals surface area contributed by atoms with Crippen molar-refractivity contribution in [3.8, 4) is 5.75 Å². The SMILES string of the molecule is COc1cc(C(=O)OCC(=O)N[C@H](C)c2ccc(C)c(C)c2)ccc1C. The van der Waals surface area contributed by atoms with E-state index in [0.717, 1.165) is 11.1 Å². The van der Waals surface area contributed by atoms with E-state index in [-0.39, 0.29) is 18.6 Å². The third-order valence-corrected chi connectivity index (χ3v) is 4.39. The molecule has 2 aromatic rings. The van der Waals surface area contributed by atoms with E-state index in [1.807, 2.05) is 45.9 Å². The summed E-state index contributed by atoms with van der Waals surface area (Å²) >= 11 is 0. The molecule has 0 spiro atoms. The van der Waals surface area contributed by atoms with Gasteiger partial charge in [0.05, 0.1) is 18.7 Å². The smallest absolute Gasteiger partial charge is 0.338 e. The lowest BCUT2D eigenvalue weighted by Gasteiger charge is -2.16. The lowest BCUT2D eigenvalue weighted by Crippen LogP contribution is -2.31. The van der Waals surface area contributed by atoms with E-state index in [4.69, 9.17) is 9.47 Å². The van der Waals surface area contributed by atoms with E-state index in [2.05, 4.69) is 5.32 Å². The predicted molar refractivity (Wildman–Crippen MR) is 100 cm³/mol. The van der Waals surface area contributed by atoms with Gasteiger partial charge in [-0.05, 0) is 62.1 Å². The number of carbonyl (C=O) groups is 2. The second kappa shape index (κ2) is 8.52. The van der Waals surface area contributed by atoms with Gasteiger partial charge < -0.3 is 14.8 Å². The highest BCUT2D eigenvalue weighted by atomic mass is 16.5. The fraction of sp³-hybridized carbons (Fsp3) is 0.333. The first-order chi connectivity index (χ1) is 12.3. The molecule has 0 fully saturated rings. The Hall–Kier alpha value is -2.82. The van der Waals surface area contributed by atoms with Crippen LogP contribution in [0.2, 0.25) is 0 Å². The van der Waals surface area contributed by atoms with Crippen LogP contribution in [0.25, 0.3) is 0 Å². The van der Waals surface area contributed by atoms with Gasteiger partial charge in [0, 0.05) is 0 Å². The lowest BCUT2D eigenvalue weighted by atomic mass is 10.0. The number of nitrogens with one attached hydrogen (secondary N) is 1. The summed E-state index contributed by atoms with van der Waals surface area (Å²) in [7, 11) is 1.54. The second-order valence-corrected chi connectivity index (χ2v) is 6.39. The van der Waals surface area contributed by atoms with Crippen LogP contribution in [-0.2, 0) is 9.53 Å². The molecular formula is C21H25NO4. The number of methoxy groups -OCH3 is 1. The first-order valence-corrected chi connectivity index (χ1v) is 8.50. The van der Waals surface area contributed by atoms with Crippen molar-refractivity contribution in [2.24, 2.45) is 0 Å². The maximum absolute atomic E-state index is 12.1. The Balaban J connectivity index is 1.91. The zero-order valence-electron chi connectivity index (χ0n) is 15.9. The van der Waals surface area contributed by atoms with Gasteiger partial charge in [-0.3, -0.25) is 4.79 Å². The van der Waals surface area contributed by atoms with Crippen LogP contribution in [0.3, 0.4) is 0 Å². The number of benzene rings is 2. The van der Waals surface area contributed by atoms with Gasteiger partial charge in [-0.15, -0.1) is 0 Å². The highest BCUT2D eigenvalue weighted by Gasteiger charge is 2.14. The lowest BCUT2D eigenvalue weighted by molar-refractivity contribution is -0.124. The summed E-state index contributed by atoms with van der Waals surface area (Å²) in [6.07, 6.45) is 0. The summed E-state index contributed by atoms with van der Waals surface area (Å²) in [6.45, 7) is 7.53. The monoisotopic (exact) mass is 355 g/mol. The molecule has 0 aliphatic rings.